The number of hydrogen-bond acceptors (Lipinski definition) is 1. The van der Waals surface area contributed by atoms with E-state index in [0.717, 1.165) is 19.4 Å². The van der Waals surface area contributed by atoms with Crippen LogP contribution in [-0.2, 0) is 4.74 Å². The van der Waals surface area contributed by atoms with Gasteiger partial charge in [0.1, 0.15) is 0 Å². The minimum Gasteiger partial charge on any atom is -0.378 e. The SMILES string of the molecule is ClC1C=CCC=C1CCOC1CC1. The van der Waals surface area contributed by atoms with Gasteiger partial charge in [0.05, 0.1) is 18.1 Å². The largest absolute Gasteiger partial charge is 0.378 e. The van der Waals surface area contributed by atoms with Crippen molar-refractivity contribution in [2.75, 3.05) is 6.61 Å². The van der Waals surface area contributed by atoms with E-state index in [4.69, 9.17) is 16.3 Å². The number of rotatable bonds is 4. The summed E-state index contributed by atoms with van der Waals surface area (Å²) in [5.41, 5.74) is 1.32. The predicted molar refractivity (Wildman–Crippen MR) is 55.1 cm³/mol. The van der Waals surface area contributed by atoms with Crippen LogP contribution < -0.4 is 0 Å². The molecule has 0 aromatic heterocycles. The highest BCUT2D eigenvalue weighted by atomic mass is 35.5. The fraction of sp³-hybridized carbons (Fsp3) is 0.636. The summed E-state index contributed by atoms with van der Waals surface area (Å²) in [6, 6.07) is 0. The third kappa shape index (κ3) is 2.85. The predicted octanol–water partition coefficient (Wildman–Crippen LogP) is 3.05. The Morgan fingerprint density at radius 3 is 3.00 bits per heavy atom. The minimum absolute atomic E-state index is 0.108. The van der Waals surface area contributed by atoms with Crippen LogP contribution in [0.4, 0.5) is 0 Å². The summed E-state index contributed by atoms with van der Waals surface area (Å²) < 4.78 is 5.58. The molecule has 0 heterocycles. The quantitative estimate of drug-likeness (QED) is 0.499. The van der Waals surface area contributed by atoms with Gasteiger partial charge in [0.25, 0.3) is 0 Å². The molecule has 0 amide bonds. The van der Waals surface area contributed by atoms with Gasteiger partial charge in [-0.3, -0.25) is 0 Å². The van der Waals surface area contributed by atoms with Crippen molar-refractivity contribution in [3.05, 3.63) is 23.8 Å². The molecule has 0 aromatic carbocycles. The Morgan fingerprint density at radius 1 is 1.46 bits per heavy atom. The van der Waals surface area contributed by atoms with Crippen molar-refractivity contribution < 1.29 is 4.74 Å². The Morgan fingerprint density at radius 2 is 2.31 bits per heavy atom. The fourth-order valence-electron chi connectivity index (χ4n) is 1.47. The van der Waals surface area contributed by atoms with Gasteiger partial charge >= 0.3 is 0 Å². The van der Waals surface area contributed by atoms with Gasteiger partial charge in [-0.1, -0.05) is 23.8 Å². The van der Waals surface area contributed by atoms with Crippen LogP contribution >= 0.6 is 11.6 Å². The Balaban J connectivity index is 1.70. The minimum atomic E-state index is 0.108. The standard InChI is InChI=1S/C11H15ClO/c12-11-4-2-1-3-9(11)7-8-13-10-5-6-10/h2-4,10-11H,1,5-8H2. The normalized spacial score (nSPS) is 27.5. The second-order valence-electron chi connectivity index (χ2n) is 3.66. The maximum absolute atomic E-state index is 6.10. The zero-order valence-electron chi connectivity index (χ0n) is 7.71. The first-order chi connectivity index (χ1) is 6.36. The highest BCUT2D eigenvalue weighted by Crippen LogP contribution is 2.25. The van der Waals surface area contributed by atoms with Crippen molar-refractivity contribution in [2.24, 2.45) is 0 Å². The molecule has 0 bridgehead atoms. The molecule has 1 atom stereocenters. The van der Waals surface area contributed by atoms with Crippen LogP contribution in [0.1, 0.15) is 25.7 Å². The lowest BCUT2D eigenvalue weighted by molar-refractivity contribution is 0.122. The average molecular weight is 199 g/mol. The summed E-state index contributed by atoms with van der Waals surface area (Å²) in [5, 5.41) is 0.108. The zero-order chi connectivity index (χ0) is 9.10. The molecule has 1 fully saturated rings. The monoisotopic (exact) mass is 198 g/mol. The molecule has 0 spiro atoms. The summed E-state index contributed by atoms with van der Waals surface area (Å²) in [5.74, 6) is 0. The molecule has 1 unspecified atom stereocenters. The average Bonchev–Trinajstić information content (AvgIpc) is 2.92. The third-order valence-corrected chi connectivity index (χ3v) is 2.87. The highest BCUT2D eigenvalue weighted by Gasteiger charge is 2.22. The Hall–Kier alpha value is -0.270. The number of allylic oxidation sites excluding steroid dienone is 3. The molecule has 2 aliphatic rings. The van der Waals surface area contributed by atoms with Crippen molar-refractivity contribution in [1.29, 1.82) is 0 Å². The van der Waals surface area contributed by atoms with Crippen molar-refractivity contribution in [3.63, 3.8) is 0 Å². The highest BCUT2D eigenvalue weighted by molar-refractivity contribution is 6.23. The van der Waals surface area contributed by atoms with E-state index in [1.165, 1.54) is 18.4 Å². The lowest BCUT2D eigenvalue weighted by atomic mass is 10.0. The molecule has 2 aliphatic carbocycles. The number of halogens is 1. The summed E-state index contributed by atoms with van der Waals surface area (Å²) in [7, 11) is 0. The topological polar surface area (TPSA) is 9.23 Å². The molecule has 0 aromatic rings. The van der Waals surface area contributed by atoms with Gasteiger partial charge < -0.3 is 4.74 Å². The molecular weight excluding hydrogens is 184 g/mol. The van der Waals surface area contributed by atoms with Gasteiger partial charge in [-0.15, -0.1) is 11.6 Å². The Bertz CT molecular complexity index is 228. The first-order valence-corrected chi connectivity index (χ1v) is 5.41. The molecule has 0 saturated heterocycles. The van der Waals surface area contributed by atoms with E-state index in [-0.39, 0.29) is 5.38 Å². The molecular formula is C11H15ClO. The van der Waals surface area contributed by atoms with E-state index < -0.39 is 0 Å². The second-order valence-corrected chi connectivity index (χ2v) is 4.14. The molecule has 0 N–H and O–H groups in total. The summed E-state index contributed by atoms with van der Waals surface area (Å²) in [4.78, 5) is 0. The molecule has 13 heavy (non-hydrogen) atoms. The number of hydrogen-bond donors (Lipinski definition) is 0. The molecule has 0 aliphatic heterocycles. The van der Waals surface area contributed by atoms with Crippen molar-refractivity contribution in [3.8, 4) is 0 Å². The molecule has 1 nitrogen and oxygen atoms in total. The number of alkyl halides is 1. The van der Waals surface area contributed by atoms with Crippen LogP contribution in [0.2, 0.25) is 0 Å². The Labute approximate surface area is 84.4 Å². The molecule has 2 heteroatoms. The molecule has 1 saturated carbocycles. The van der Waals surface area contributed by atoms with E-state index in [1.807, 2.05) is 0 Å². The summed E-state index contributed by atoms with van der Waals surface area (Å²) in [6.07, 6.45) is 11.5. The first kappa shape index (κ1) is 9.29. The van der Waals surface area contributed by atoms with E-state index in [0.29, 0.717) is 6.10 Å². The number of ether oxygens (including phenoxy) is 1. The van der Waals surface area contributed by atoms with Crippen LogP contribution in [0.15, 0.2) is 23.8 Å². The van der Waals surface area contributed by atoms with E-state index in [1.54, 1.807) is 0 Å². The van der Waals surface area contributed by atoms with Gasteiger partial charge in [0.2, 0.25) is 0 Å². The van der Waals surface area contributed by atoms with E-state index in [9.17, 15) is 0 Å². The lowest BCUT2D eigenvalue weighted by Gasteiger charge is -2.13. The van der Waals surface area contributed by atoms with Crippen molar-refractivity contribution in [2.45, 2.75) is 37.2 Å². The fourth-order valence-corrected chi connectivity index (χ4v) is 1.77. The molecule has 72 valence electrons. The van der Waals surface area contributed by atoms with Crippen LogP contribution in [0.25, 0.3) is 0 Å². The maximum atomic E-state index is 6.10. The summed E-state index contributed by atoms with van der Waals surface area (Å²) >= 11 is 6.10. The van der Waals surface area contributed by atoms with Crippen LogP contribution in [0, 0.1) is 0 Å². The lowest BCUT2D eigenvalue weighted by Crippen LogP contribution is -2.07. The van der Waals surface area contributed by atoms with Gasteiger partial charge in [-0.2, -0.15) is 0 Å². The molecule has 2 rings (SSSR count). The van der Waals surface area contributed by atoms with Crippen molar-refractivity contribution >= 4 is 11.6 Å². The third-order valence-electron chi connectivity index (χ3n) is 2.44. The van der Waals surface area contributed by atoms with Crippen LogP contribution in [-0.4, -0.2) is 18.1 Å². The van der Waals surface area contributed by atoms with Gasteiger partial charge in [0.15, 0.2) is 0 Å². The zero-order valence-corrected chi connectivity index (χ0v) is 8.46. The second kappa shape index (κ2) is 4.30. The Kier molecular flexibility index (Phi) is 3.07. The van der Waals surface area contributed by atoms with Gasteiger partial charge in [-0.25, -0.2) is 0 Å². The van der Waals surface area contributed by atoms with Crippen LogP contribution in [0.5, 0.6) is 0 Å². The summed E-state index contributed by atoms with van der Waals surface area (Å²) in [6.45, 7) is 0.841. The smallest absolute Gasteiger partial charge is 0.0727 e. The van der Waals surface area contributed by atoms with Crippen LogP contribution in [0.3, 0.4) is 0 Å². The van der Waals surface area contributed by atoms with Gasteiger partial charge in [0, 0.05) is 0 Å². The van der Waals surface area contributed by atoms with Gasteiger partial charge in [-0.05, 0) is 25.7 Å². The molecule has 0 radical (unpaired) electrons. The first-order valence-electron chi connectivity index (χ1n) is 4.97. The van der Waals surface area contributed by atoms with E-state index >= 15 is 0 Å². The van der Waals surface area contributed by atoms with E-state index in [2.05, 4.69) is 18.2 Å². The van der Waals surface area contributed by atoms with Crippen molar-refractivity contribution in [1.82, 2.24) is 0 Å². The maximum Gasteiger partial charge on any atom is 0.0727 e.